The monoisotopic (exact) mass is 355 g/mol. The Morgan fingerprint density at radius 2 is 1.42 bits per heavy atom. The van der Waals surface area contributed by atoms with Crippen LogP contribution in [0.3, 0.4) is 0 Å². The SMILES string of the molecule is c1ccc(-c2nnc(Sc3nnc4ccccn34)c3ccccc23)cc1. The molecule has 0 bridgehead atoms. The van der Waals surface area contributed by atoms with Crippen LogP contribution in [0.1, 0.15) is 0 Å². The highest BCUT2D eigenvalue weighted by molar-refractivity contribution is 7.99. The fraction of sp³-hybridized carbons (Fsp3) is 0. The van der Waals surface area contributed by atoms with Gasteiger partial charge >= 0.3 is 0 Å². The highest BCUT2D eigenvalue weighted by Gasteiger charge is 2.14. The van der Waals surface area contributed by atoms with Gasteiger partial charge in [-0.15, -0.1) is 20.4 Å². The van der Waals surface area contributed by atoms with Crippen molar-refractivity contribution >= 4 is 28.2 Å². The Kier molecular flexibility index (Phi) is 3.61. The molecule has 0 radical (unpaired) electrons. The fourth-order valence-electron chi connectivity index (χ4n) is 2.94. The Morgan fingerprint density at radius 3 is 2.31 bits per heavy atom. The molecule has 5 nitrogen and oxygen atoms in total. The van der Waals surface area contributed by atoms with Gasteiger partial charge in [0.1, 0.15) is 10.7 Å². The molecule has 0 amide bonds. The van der Waals surface area contributed by atoms with Gasteiger partial charge in [0, 0.05) is 22.5 Å². The molecule has 124 valence electrons. The van der Waals surface area contributed by atoms with Crippen molar-refractivity contribution in [2.75, 3.05) is 0 Å². The van der Waals surface area contributed by atoms with Gasteiger partial charge in [-0.3, -0.25) is 4.40 Å². The summed E-state index contributed by atoms with van der Waals surface area (Å²) in [6.45, 7) is 0. The van der Waals surface area contributed by atoms with Gasteiger partial charge in [0.25, 0.3) is 0 Å². The Balaban J connectivity index is 1.66. The van der Waals surface area contributed by atoms with Crippen LogP contribution >= 0.6 is 11.8 Å². The number of benzene rings is 2. The van der Waals surface area contributed by atoms with Gasteiger partial charge in [-0.2, -0.15) is 0 Å². The van der Waals surface area contributed by atoms with Crippen LogP contribution in [0, 0.1) is 0 Å². The van der Waals surface area contributed by atoms with E-state index in [1.165, 1.54) is 11.8 Å². The van der Waals surface area contributed by atoms with Crippen molar-refractivity contribution in [3.05, 3.63) is 79.0 Å². The van der Waals surface area contributed by atoms with Crippen molar-refractivity contribution in [2.24, 2.45) is 0 Å². The Labute approximate surface area is 153 Å². The average Bonchev–Trinajstić information content (AvgIpc) is 3.12. The van der Waals surface area contributed by atoms with Gasteiger partial charge in [-0.05, 0) is 23.9 Å². The summed E-state index contributed by atoms with van der Waals surface area (Å²) >= 11 is 1.47. The third-order valence-corrected chi connectivity index (χ3v) is 5.13. The third-order valence-electron chi connectivity index (χ3n) is 4.17. The number of aromatic nitrogens is 5. The minimum Gasteiger partial charge on any atom is -0.277 e. The fourth-order valence-corrected chi connectivity index (χ4v) is 3.82. The van der Waals surface area contributed by atoms with Gasteiger partial charge in [0.05, 0.1) is 0 Å². The standard InChI is InChI=1S/C20H13N5S/c1-2-8-14(9-3-1)18-15-10-4-5-11-16(15)19(23-22-18)26-20-24-21-17-12-6-7-13-25(17)20/h1-13H. The summed E-state index contributed by atoms with van der Waals surface area (Å²) in [5, 5.41) is 21.2. The number of fused-ring (bicyclic) bond motifs is 2. The smallest absolute Gasteiger partial charge is 0.201 e. The van der Waals surface area contributed by atoms with Crippen LogP contribution in [-0.2, 0) is 0 Å². The normalized spacial score (nSPS) is 11.2. The van der Waals surface area contributed by atoms with Gasteiger partial charge in [0.2, 0.25) is 5.16 Å². The van der Waals surface area contributed by atoms with Crippen LogP contribution in [0.5, 0.6) is 0 Å². The zero-order valence-corrected chi connectivity index (χ0v) is 14.5. The molecule has 0 atom stereocenters. The number of nitrogens with zero attached hydrogens (tertiary/aromatic N) is 5. The summed E-state index contributed by atoms with van der Waals surface area (Å²) in [6.07, 6.45) is 1.95. The molecule has 26 heavy (non-hydrogen) atoms. The van der Waals surface area contributed by atoms with Gasteiger partial charge < -0.3 is 0 Å². The maximum atomic E-state index is 4.51. The van der Waals surface area contributed by atoms with E-state index in [0.717, 1.165) is 37.9 Å². The topological polar surface area (TPSA) is 56.0 Å². The molecule has 5 rings (SSSR count). The Morgan fingerprint density at radius 1 is 0.654 bits per heavy atom. The van der Waals surface area contributed by atoms with E-state index in [4.69, 9.17) is 0 Å². The summed E-state index contributed by atoms with van der Waals surface area (Å²) in [6, 6.07) is 24.2. The lowest BCUT2D eigenvalue weighted by atomic mass is 10.1. The molecule has 0 aliphatic carbocycles. The second-order valence-corrected chi connectivity index (χ2v) is 6.73. The van der Waals surface area contributed by atoms with E-state index in [9.17, 15) is 0 Å². The van der Waals surface area contributed by atoms with Crippen LogP contribution in [0.15, 0.2) is 89.2 Å². The van der Waals surface area contributed by atoms with Gasteiger partial charge in [-0.1, -0.05) is 60.7 Å². The van der Waals surface area contributed by atoms with E-state index in [1.54, 1.807) is 0 Å². The largest absolute Gasteiger partial charge is 0.277 e. The average molecular weight is 355 g/mol. The maximum Gasteiger partial charge on any atom is 0.201 e. The molecule has 0 spiro atoms. The Bertz CT molecular complexity index is 1220. The van der Waals surface area contributed by atoms with Gasteiger partial charge in [-0.25, -0.2) is 0 Å². The van der Waals surface area contributed by atoms with Crippen LogP contribution in [0.4, 0.5) is 0 Å². The first-order valence-electron chi connectivity index (χ1n) is 8.18. The van der Waals surface area contributed by atoms with Crippen LogP contribution in [-0.4, -0.2) is 24.8 Å². The minimum atomic E-state index is 0.771. The van der Waals surface area contributed by atoms with E-state index in [0.29, 0.717) is 0 Å². The van der Waals surface area contributed by atoms with Crippen molar-refractivity contribution in [1.29, 1.82) is 0 Å². The van der Waals surface area contributed by atoms with Crippen molar-refractivity contribution in [1.82, 2.24) is 24.8 Å². The van der Waals surface area contributed by atoms with Crippen LogP contribution in [0.25, 0.3) is 27.7 Å². The van der Waals surface area contributed by atoms with Gasteiger partial charge in [0.15, 0.2) is 5.65 Å². The molecular formula is C20H13N5S. The summed E-state index contributed by atoms with van der Waals surface area (Å²) in [7, 11) is 0. The summed E-state index contributed by atoms with van der Waals surface area (Å²) < 4.78 is 1.95. The van der Waals surface area contributed by atoms with E-state index < -0.39 is 0 Å². The van der Waals surface area contributed by atoms with Crippen molar-refractivity contribution in [3.8, 4) is 11.3 Å². The first-order valence-corrected chi connectivity index (χ1v) is 9.00. The predicted molar refractivity (Wildman–Crippen MR) is 102 cm³/mol. The second kappa shape index (κ2) is 6.24. The maximum absolute atomic E-state index is 4.51. The Hall–Kier alpha value is -3.25. The number of hydrogen-bond acceptors (Lipinski definition) is 5. The summed E-state index contributed by atoms with van der Waals surface area (Å²) in [4.78, 5) is 0. The third kappa shape index (κ3) is 2.51. The number of pyridine rings is 1. The second-order valence-electron chi connectivity index (χ2n) is 5.78. The minimum absolute atomic E-state index is 0.771. The van der Waals surface area contributed by atoms with Crippen molar-refractivity contribution in [3.63, 3.8) is 0 Å². The molecule has 5 aromatic rings. The zero-order valence-electron chi connectivity index (χ0n) is 13.6. The lowest BCUT2D eigenvalue weighted by Gasteiger charge is -2.08. The highest BCUT2D eigenvalue weighted by Crippen LogP contribution is 2.34. The lowest BCUT2D eigenvalue weighted by molar-refractivity contribution is 0.906. The molecule has 0 saturated heterocycles. The summed E-state index contributed by atoms with van der Waals surface area (Å²) in [5.41, 5.74) is 2.76. The molecule has 0 aliphatic heterocycles. The number of rotatable bonds is 3. The lowest BCUT2D eigenvalue weighted by Crippen LogP contribution is -1.94. The molecule has 6 heteroatoms. The van der Waals surface area contributed by atoms with E-state index in [-0.39, 0.29) is 0 Å². The van der Waals surface area contributed by atoms with Crippen LogP contribution in [0.2, 0.25) is 0 Å². The molecule has 3 aromatic heterocycles. The van der Waals surface area contributed by atoms with Crippen molar-refractivity contribution < 1.29 is 0 Å². The van der Waals surface area contributed by atoms with E-state index in [1.807, 2.05) is 59.1 Å². The highest BCUT2D eigenvalue weighted by atomic mass is 32.2. The van der Waals surface area contributed by atoms with Crippen LogP contribution < -0.4 is 0 Å². The molecule has 3 heterocycles. The molecule has 0 N–H and O–H groups in total. The summed E-state index contributed by atoms with van der Waals surface area (Å²) in [5.74, 6) is 0. The molecule has 0 saturated carbocycles. The van der Waals surface area contributed by atoms with E-state index in [2.05, 4.69) is 44.7 Å². The molecule has 0 unspecified atom stereocenters. The van der Waals surface area contributed by atoms with Crippen molar-refractivity contribution in [2.45, 2.75) is 10.2 Å². The first-order chi connectivity index (χ1) is 12.9. The molecule has 0 aliphatic rings. The first kappa shape index (κ1) is 15.0. The molecule has 0 fully saturated rings. The molecular weight excluding hydrogens is 342 g/mol. The molecule has 2 aromatic carbocycles. The van der Waals surface area contributed by atoms with E-state index >= 15 is 0 Å². The zero-order chi connectivity index (χ0) is 17.3. The predicted octanol–water partition coefficient (Wildman–Crippen LogP) is 4.49. The number of hydrogen-bond donors (Lipinski definition) is 0. The quantitative estimate of drug-likeness (QED) is 0.477.